The first-order chi connectivity index (χ1) is 9.63. The zero-order chi connectivity index (χ0) is 14.5. The summed E-state index contributed by atoms with van der Waals surface area (Å²) in [7, 11) is 0. The number of pyridine rings is 1. The average molecular weight is 275 g/mol. The van der Waals surface area contributed by atoms with Crippen LogP contribution in [0.4, 0.5) is 5.69 Å². The van der Waals surface area contributed by atoms with Crippen LogP contribution in [0, 0.1) is 10.1 Å². The molecule has 1 aromatic heterocycles. The zero-order valence-corrected chi connectivity index (χ0v) is 10.6. The number of amides is 1. The molecule has 0 spiro atoms. The van der Waals surface area contributed by atoms with Gasteiger partial charge in [0.25, 0.3) is 11.6 Å². The Balaban J connectivity index is 2.34. The molecule has 2 N–H and O–H groups in total. The van der Waals surface area contributed by atoms with Crippen LogP contribution in [0.5, 0.6) is 0 Å². The normalized spacial score (nSPS) is 10.4. The van der Waals surface area contributed by atoms with Gasteiger partial charge in [0.05, 0.1) is 4.92 Å². The molecular weight excluding hydrogens is 262 g/mol. The van der Waals surface area contributed by atoms with E-state index in [0.717, 1.165) is 0 Å². The average Bonchev–Trinajstić information content (AvgIpc) is 2.46. The lowest BCUT2D eigenvalue weighted by Gasteiger charge is -2.05. The maximum absolute atomic E-state index is 11.8. The molecule has 0 saturated heterocycles. The molecule has 0 unspecified atom stereocenters. The molecule has 1 aromatic carbocycles. The van der Waals surface area contributed by atoms with E-state index in [1.165, 1.54) is 12.1 Å². The number of benzene rings is 1. The second-order valence-electron chi connectivity index (χ2n) is 4.14. The third-order valence-electron chi connectivity index (χ3n) is 2.75. The van der Waals surface area contributed by atoms with Gasteiger partial charge in [-0.1, -0.05) is 18.2 Å². The number of aliphatic hydroxyl groups is 1. The summed E-state index contributed by atoms with van der Waals surface area (Å²) < 4.78 is 0. The van der Waals surface area contributed by atoms with Gasteiger partial charge in [0.1, 0.15) is 11.2 Å². The highest BCUT2D eigenvalue weighted by atomic mass is 16.6. The minimum atomic E-state index is -0.525. The first kappa shape index (κ1) is 13.9. The molecule has 7 heteroatoms. The van der Waals surface area contributed by atoms with Gasteiger partial charge in [0.2, 0.25) is 0 Å². The van der Waals surface area contributed by atoms with Crippen molar-refractivity contribution in [2.75, 3.05) is 13.2 Å². The highest BCUT2D eigenvalue weighted by molar-refractivity contribution is 5.96. The Kier molecular flexibility index (Phi) is 4.21. The van der Waals surface area contributed by atoms with E-state index in [1.54, 1.807) is 18.2 Å². The molecule has 0 fully saturated rings. The van der Waals surface area contributed by atoms with Crippen molar-refractivity contribution in [3.05, 3.63) is 46.1 Å². The summed E-state index contributed by atoms with van der Waals surface area (Å²) in [5.74, 6) is -0.418. The van der Waals surface area contributed by atoms with Gasteiger partial charge >= 0.3 is 0 Å². The third-order valence-corrected chi connectivity index (χ3v) is 2.75. The number of fused-ring (bicyclic) bond motifs is 1. The number of carbonyl (C=O) groups excluding carboxylic acids is 1. The Morgan fingerprint density at radius 2 is 2.15 bits per heavy atom. The molecule has 104 valence electrons. The largest absolute Gasteiger partial charge is 0.396 e. The molecule has 0 radical (unpaired) electrons. The molecule has 1 heterocycles. The smallest absolute Gasteiger partial charge is 0.295 e. The van der Waals surface area contributed by atoms with Crippen LogP contribution >= 0.6 is 0 Å². The van der Waals surface area contributed by atoms with Gasteiger partial charge < -0.3 is 10.4 Å². The molecule has 0 aliphatic heterocycles. The van der Waals surface area contributed by atoms with E-state index in [1.807, 2.05) is 0 Å². The van der Waals surface area contributed by atoms with Crippen LogP contribution < -0.4 is 5.32 Å². The van der Waals surface area contributed by atoms with E-state index in [9.17, 15) is 14.9 Å². The second-order valence-corrected chi connectivity index (χ2v) is 4.14. The fourth-order valence-corrected chi connectivity index (χ4v) is 1.78. The first-order valence-corrected chi connectivity index (χ1v) is 6.06. The van der Waals surface area contributed by atoms with Crippen molar-refractivity contribution in [3.63, 3.8) is 0 Å². The number of rotatable bonds is 5. The first-order valence-electron chi connectivity index (χ1n) is 6.06. The Morgan fingerprint density at radius 1 is 1.35 bits per heavy atom. The van der Waals surface area contributed by atoms with Crippen LogP contribution in [0.1, 0.15) is 16.9 Å². The summed E-state index contributed by atoms with van der Waals surface area (Å²) in [4.78, 5) is 26.3. The SMILES string of the molecule is O=C(NCCCO)c1ccc2cccc([N+](=O)[O-])c2n1. The summed E-state index contributed by atoms with van der Waals surface area (Å²) in [5, 5.41) is 22.8. The van der Waals surface area contributed by atoms with Gasteiger partial charge in [-0.3, -0.25) is 14.9 Å². The number of para-hydroxylation sites is 1. The van der Waals surface area contributed by atoms with Crippen molar-refractivity contribution in [1.29, 1.82) is 0 Å². The number of nitro benzene ring substituents is 1. The Labute approximate surface area is 114 Å². The van der Waals surface area contributed by atoms with Gasteiger partial charge in [0.15, 0.2) is 0 Å². The zero-order valence-electron chi connectivity index (χ0n) is 10.6. The Bertz CT molecular complexity index is 657. The number of nitrogens with zero attached hydrogens (tertiary/aromatic N) is 2. The highest BCUT2D eigenvalue weighted by Crippen LogP contribution is 2.23. The maximum atomic E-state index is 11.8. The molecule has 0 bridgehead atoms. The highest BCUT2D eigenvalue weighted by Gasteiger charge is 2.15. The quantitative estimate of drug-likeness (QED) is 0.485. The molecule has 0 aliphatic rings. The van der Waals surface area contributed by atoms with E-state index in [2.05, 4.69) is 10.3 Å². The van der Waals surface area contributed by atoms with Crippen molar-refractivity contribution < 1.29 is 14.8 Å². The molecule has 7 nitrogen and oxygen atoms in total. The van der Waals surface area contributed by atoms with E-state index in [0.29, 0.717) is 18.4 Å². The lowest BCUT2D eigenvalue weighted by molar-refractivity contribution is -0.383. The number of carbonyl (C=O) groups is 1. The molecule has 2 rings (SSSR count). The third kappa shape index (κ3) is 2.89. The standard InChI is InChI=1S/C13H13N3O4/c17-8-2-7-14-13(18)10-6-5-9-3-1-4-11(16(19)20)12(9)15-10/h1,3-6,17H,2,7-8H2,(H,14,18). The van der Waals surface area contributed by atoms with Crippen LogP contribution in [-0.2, 0) is 0 Å². The predicted molar refractivity (Wildman–Crippen MR) is 72.4 cm³/mol. The Morgan fingerprint density at radius 3 is 2.85 bits per heavy atom. The van der Waals surface area contributed by atoms with E-state index < -0.39 is 10.8 Å². The fraction of sp³-hybridized carbons (Fsp3) is 0.231. The summed E-state index contributed by atoms with van der Waals surface area (Å²) >= 11 is 0. The van der Waals surface area contributed by atoms with Crippen LogP contribution in [0.2, 0.25) is 0 Å². The summed E-state index contributed by atoms with van der Waals surface area (Å²) in [6.07, 6.45) is 0.444. The Hall–Kier alpha value is -2.54. The van der Waals surface area contributed by atoms with E-state index >= 15 is 0 Å². The molecule has 0 saturated carbocycles. The van der Waals surface area contributed by atoms with Crippen molar-refractivity contribution in [2.45, 2.75) is 6.42 Å². The summed E-state index contributed by atoms with van der Waals surface area (Å²) in [6, 6.07) is 7.76. The van der Waals surface area contributed by atoms with Crippen molar-refractivity contribution in [1.82, 2.24) is 10.3 Å². The lowest BCUT2D eigenvalue weighted by Crippen LogP contribution is -2.25. The van der Waals surface area contributed by atoms with Gasteiger partial charge in [-0.05, 0) is 12.5 Å². The predicted octanol–water partition coefficient (Wildman–Crippen LogP) is 1.26. The number of nitro groups is 1. The number of hydrogen-bond acceptors (Lipinski definition) is 5. The number of hydrogen-bond donors (Lipinski definition) is 2. The topological polar surface area (TPSA) is 105 Å². The van der Waals surface area contributed by atoms with Crippen LogP contribution in [-0.4, -0.2) is 34.1 Å². The van der Waals surface area contributed by atoms with Gasteiger partial charge in [-0.15, -0.1) is 0 Å². The monoisotopic (exact) mass is 275 g/mol. The van der Waals surface area contributed by atoms with Gasteiger partial charge in [-0.2, -0.15) is 0 Å². The maximum Gasteiger partial charge on any atom is 0.295 e. The summed E-state index contributed by atoms with van der Waals surface area (Å²) in [5.41, 5.74) is 0.171. The molecule has 0 atom stereocenters. The minimum Gasteiger partial charge on any atom is -0.396 e. The van der Waals surface area contributed by atoms with Crippen LogP contribution in [0.15, 0.2) is 30.3 Å². The van der Waals surface area contributed by atoms with Gasteiger partial charge in [0, 0.05) is 24.6 Å². The second kappa shape index (κ2) is 6.07. The lowest BCUT2D eigenvalue weighted by atomic mass is 10.1. The number of non-ortho nitro benzene ring substituents is 1. The number of aliphatic hydroxyl groups excluding tert-OH is 1. The molecule has 0 aliphatic carbocycles. The van der Waals surface area contributed by atoms with Crippen LogP contribution in [0.25, 0.3) is 10.9 Å². The van der Waals surface area contributed by atoms with E-state index in [4.69, 9.17) is 5.11 Å². The van der Waals surface area contributed by atoms with Gasteiger partial charge in [-0.25, -0.2) is 4.98 Å². The molecule has 2 aromatic rings. The van der Waals surface area contributed by atoms with Crippen LogP contribution in [0.3, 0.4) is 0 Å². The fourth-order valence-electron chi connectivity index (χ4n) is 1.78. The van der Waals surface area contributed by atoms with Crippen molar-refractivity contribution >= 4 is 22.5 Å². The minimum absolute atomic E-state index is 0.0170. The molecular formula is C13H13N3O4. The molecule has 20 heavy (non-hydrogen) atoms. The number of aromatic nitrogens is 1. The van der Waals surface area contributed by atoms with Crippen molar-refractivity contribution in [2.24, 2.45) is 0 Å². The molecule has 1 amide bonds. The number of nitrogens with one attached hydrogen (secondary N) is 1. The summed E-state index contributed by atoms with van der Waals surface area (Å²) in [6.45, 7) is 0.308. The van der Waals surface area contributed by atoms with E-state index in [-0.39, 0.29) is 23.5 Å². The van der Waals surface area contributed by atoms with Crippen molar-refractivity contribution in [3.8, 4) is 0 Å².